The Morgan fingerprint density at radius 1 is 1.03 bits per heavy atom. The van der Waals surface area contributed by atoms with Gasteiger partial charge in [-0.2, -0.15) is 13.2 Å². The summed E-state index contributed by atoms with van der Waals surface area (Å²) in [5.41, 5.74) is -2.05. The lowest BCUT2D eigenvalue weighted by Gasteiger charge is -2.38. The third-order valence-corrected chi connectivity index (χ3v) is 6.38. The van der Waals surface area contributed by atoms with Gasteiger partial charge in [0.05, 0.1) is 5.69 Å². The van der Waals surface area contributed by atoms with Crippen molar-refractivity contribution in [1.29, 1.82) is 0 Å². The average Bonchev–Trinajstić information content (AvgIpc) is 3.52. The van der Waals surface area contributed by atoms with Crippen molar-refractivity contribution in [1.82, 2.24) is 14.6 Å². The van der Waals surface area contributed by atoms with Gasteiger partial charge in [-0.1, -0.05) is 30.3 Å². The zero-order valence-electron chi connectivity index (χ0n) is 17.5. The summed E-state index contributed by atoms with van der Waals surface area (Å²) in [6, 6.07) is 10.2. The molecule has 9 heteroatoms. The molecule has 0 spiro atoms. The fraction of sp³-hybridized carbons (Fsp3) is 0.478. The first kappa shape index (κ1) is 21.2. The third kappa shape index (κ3) is 4.05. The van der Waals surface area contributed by atoms with Crippen molar-refractivity contribution < 1.29 is 22.3 Å². The van der Waals surface area contributed by atoms with Crippen LogP contribution in [-0.2, 0) is 23.2 Å². The lowest BCUT2D eigenvalue weighted by Crippen LogP contribution is -2.41. The molecule has 2 aromatic heterocycles. The van der Waals surface area contributed by atoms with Crippen LogP contribution in [-0.4, -0.2) is 34.3 Å². The quantitative estimate of drug-likeness (QED) is 0.490. The molecule has 1 aliphatic heterocycles. The van der Waals surface area contributed by atoms with Gasteiger partial charge < -0.3 is 9.64 Å². The van der Waals surface area contributed by atoms with Gasteiger partial charge in [-0.15, -0.1) is 10.2 Å². The summed E-state index contributed by atoms with van der Waals surface area (Å²) >= 11 is 0. The second kappa shape index (κ2) is 8.03. The predicted molar refractivity (Wildman–Crippen MR) is 111 cm³/mol. The maximum atomic E-state index is 15.5. The fourth-order valence-corrected chi connectivity index (χ4v) is 4.36. The van der Waals surface area contributed by atoms with Crippen LogP contribution < -0.4 is 4.90 Å². The van der Waals surface area contributed by atoms with Crippen LogP contribution in [0.15, 0.2) is 42.6 Å². The second-order valence-electron chi connectivity index (χ2n) is 8.66. The van der Waals surface area contributed by atoms with Crippen LogP contribution in [0.2, 0.25) is 0 Å². The van der Waals surface area contributed by atoms with Crippen LogP contribution in [0.1, 0.15) is 42.6 Å². The Kier molecular flexibility index (Phi) is 5.31. The number of halogens is 4. The topological polar surface area (TPSA) is 42.7 Å². The van der Waals surface area contributed by atoms with E-state index in [2.05, 4.69) is 10.2 Å². The van der Waals surface area contributed by atoms with E-state index in [9.17, 15) is 13.2 Å². The van der Waals surface area contributed by atoms with Crippen molar-refractivity contribution in [2.24, 2.45) is 5.92 Å². The van der Waals surface area contributed by atoms with Gasteiger partial charge in [0.1, 0.15) is 17.8 Å². The van der Waals surface area contributed by atoms with E-state index in [4.69, 9.17) is 4.74 Å². The molecular weight excluding hydrogens is 424 g/mol. The van der Waals surface area contributed by atoms with Crippen LogP contribution >= 0.6 is 0 Å². The van der Waals surface area contributed by atoms with Gasteiger partial charge in [-0.05, 0) is 30.4 Å². The van der Waals surface area contributed by atoms with Crippen LogP contribution in [0.25, 0.3) is 5.65 Å². The molecule has 0 amide bonds. The van der Waals surface area contributed by atoms with E-state index in [1.165, 1.54) is 10.5 Å². The minimum Gasteiger partial charge on any atom is -0.373 e. The molecular formula is C23H24F4N4O. The van der Waals surface area contributed by atoms with Gasteiger partial charge in [-0.25, -0.2) is 4.39 Å². The highest BCUT2D eigenvalue weighted by Gasteiger charge is 2.42. The number of rotatable bonds is 6. The lowest BCUT2D eigenvalue weighted by atomic mass is 9.86. The number of piperidine rings is 1. The number of anilines is 1. The van der Waals surface area contributed by atoms with Crippen LogP contribution in [0.3, 0.4) is 0 Å². The number of hydrogen-bond acceptors (Lipinski definition) is 4. The highest BCUT2D eigenvalue weighted by molar-refractivity contribution is 5.67. The molecule has 1 aliphatic carbocycles. The lowest BCUT2D eigenvalue weighted by molar-refractivity contribution is -0.136. The molecule has 32 heavy (non-hydrogen) atoms. The van der Waals surface area contributed by atoms with E-state index in [-0.39, 0.29) is 43.9 Å². The highest BCUT2D eigenvalue weighted by atomic mass is 19.4. The van der Waals surface area contributed by atoms with Crippen molar-refractivity contribution in [3.8, 4) is 0 Å². The molecule has 2 fully saturated rings. The molecule has 0 N–H and O–H groups in total. The monoisotopic (exact) mass is 448 g/mol. The summed E-state index contributed by atoms with van der Waals surface area (Å²) in [6.07, 6.45) is -0.589. The van der Waals surface area contributed by atoms with Gasteiger partial charge in [0.25, 0.3) is 0 Å². The van der Waals surface area contributed by atoms with Gasteiger partial charge in [-0.3, -0.25) is 4.40 Å². The van der Waals surface area contributed by atoms with E-state index in [1.54, 1.807) is 35.4 Å². The molecule has 3 heterocycles. The minimum absolute atomic E-state index is 0.0120. The van der Waals surface area contributed by atoms with Gasteiger partial charge in [0.15, 0.2) is 11.5 Å². The summed E-state index contributed by atoms with van der Waals surface area (Å²) in [7, 11) is 0. The van der Waals surface area contributed by atoms with Crippen molar-refractivity contribution in [2.45, 2.75) is 44.1 Å². The van der Waals surface area contributed by atoms with E-state index in [1.807, 2.05) is 6.07 Å². The smallest absolute Gasteiger partial charge is 0.373 e. The van der Waals surface area contributed by atoms with Crippen LogP contribution in [0.4, 0.5) is 23.2 Å². The molecule has 1 aromatic carbocycles. The third-order valence-electron chi connectivity index (χ3n) is 6.38. The summed E-state index contributed by atoms with van der Waals surface area (Å²) in [5.74, 6) is 0.882. The number of alkyl halides is 4. The number of pyridine rings is 1. The van der Waals surface area contributed by atoms with Crippen molar-refractivity contribution in [2.75, 3.05) is 24.6 Å². The highest BCUT2D eigenvalue weighted by Crippen LogP contribution is 2.43. The zero-order valence-corrected chi connectivity index (χ0v) is 17.5. The Hall–Kier alpha value is -2.68. The van der Waals surface area contributed by atoms with Crippen LogP contribution in [0.5, 0.6) is 0 Å². The van der Waals surface area contributed by atoms with Crippen molar-refractivity contribution in [3.63, 3.8) is 0 Å². The fourth-order valence-electron chi connectivity index (χ4n) is 4.36. The van der Waals surface area contributed by atoms with E-state index in [0.29, 0.717) is 23.9 Å². The molecule has 170 valence electrons. The van der Waals surface area contributed by atoms with Gasteiger partial charge >= 0.3 is 6.18 Å². The Morgan fingerprint density at radius 3 is 2.41 bits per heavy atom. The predicted octanol–water partition coefficient (Wildman–Crippen LogP) is 5.14. The number of benzene rings is 1. The second-order valence-corrected chi connectivity index (χ2v) is 8.66. The number of hydrogen-bond donors (Lipinski definition) is 0. The Morgan fingerprint density at radius 2 is 1.75 bits per heavy atom. The number of fused-ring (bicyclic) bond motifs is 1. The maximum Gasteiger partial charge on any atom is 0.422 e. The summed E-state index contributed by atoms with van der Waals surface area (Å²) in [5, 5.41) is 7.79. The van der Waals surface area contributed by atoms with Crippen molar-refractivity contribution >= 4 is 11.3 Å². The van der Waals surface area contributed by atoms with E-state index in [0.717, 1.165) is 12.8 Å². The Labute approximate surface area is 183 Å². The SMILES string of the molecule is FC(F)(F)c1c(N2CCC(F)(c3ccccc3)CC2)ccn2c(COCC3CC3)nnc12. The molecule has 3 aromatic rings. The van der Waals surface area contributed by atoms with Gasteiger partial charge in [0, 0.05) is 38.7 Å². The number of aromatic nitrogens is 3. The molecule has 1 saturated heterocycles. The first-order chi connectivity index (χ1) is 15.4. The average molecular weight is 448 g/mol. The molecule has 0 bridgehead atoms. The standard InChI is InChI=1S/C23H24F4N4O/c24-22(17-4-2-1-3-5-17)9-12-30(13-10-22)18-8-11-31-19(15-32-14-16-6-7-16)28-29-21(31)20(18)23(25,26)27/h1-5,8,11,16H,6-7,9-10,12-15H2. The first-order valence-electron chi connectivity index (χ1n) is 10.9. The maximum absolute atomic E-state index is 15.5. The van der Waals surface area contributed by atoms with E-state index < -0.39 is 17.4 Å². The Bertz CT molecular complexity index is 1090. The summed E-state index contributed by atoms with van der Waals surface area (Å²) in [6.45, 7) is 1.05. The molecule has 5 nitrogen and oxygen atoms in total. The molecule has 0 atom stereocenters. The summed E-state index contributed by atoms with van der Waals surface area (Å²) in [4.78, 5) is 1.60. The molecule has 5 rings (SSSR count). The molecule has 2 aliphatic rings. The normalized spacial score (nSPS) is 18.9. The van der Waals surface area contributed by atoms with E-state index >= 15 is 4.39 Å². The van der Waals surface area contributed by atoms with Crippen molar-refractivity contribution in [3.05, 3.63) is 59.5 Å². The van der Waals surface area contributed by atoms with Crippen LogP contribution in [0, 0.1) is 5.92 Å². The number of nitrogens with zero attached hydrogens (tertiary/aromatic N) is 4. The first-order valence-corrected chi connectivity index (χ1v) is 10.9. The largest absolute Gasteiger partial charge is 0.422 e. The minimum atomic E-state index is -4.62. The molecule has 0 unspecified atom stereocenters. The number of ether oxygens (including phenoxy) is 1. The molecule has 1 saturated carbocycles. The summed E-state index contributed by atoms with van der Waals surface area (Å²) < 4.78 is 64.7. The Balaban J connectivity index is 1.41. The molecule has 0 radical (unpaired) electrons. The zero-order chi connectivity index (χ0) is 22.3. The van der Waals surface area contributed by atoms with Gasteiger partial charge in [0.2, 0.25) is 0 Å².